The quantitative estimate of drug-likeness (QED) is 0.132. The lowest BCUT2D eigenvalue weighted by Gasteiger charge is -2.57. The predicted octanol–water partition coefficient (Wildman–Crippen LogP) is 8.00. The molecule has 4 rings (SSSR count). The molecule has 6 heteroatoms. The van der Waals surface area contributed by atoms with Gasteiger partial charge in [0, 0.05) is 37.2 Å². The molecule has 0 heterocycles. The maximum absolute atomic E-state index is 13.2. The van der Waals surface area contributed by atoms with Gasteiger partial charge in [0.25, 0.3) is 0 Å². The van der Waals surface area contributed by atoms with E-state index in [2.05, 4.69) is 40.8 Å². The van der Waals surface area contributed by atoms with E-state index in [9.17, 15) is 14.4 Å². The number of carbonyl (C=O) groups is 3. The lowest BCUT2D eigenvalue weighted by molar-refractivity contribution is -0.157. The summed E-state index contributed by atoms with van der Waals surface area (Å²) in [6, 6.07) is 0. The summed E-state index contributed by atoms with van der Waals surface area (Å²) in [5.41, 5.74) is 1.37. The van der Waals surface area contributed by atoms with Gasteiger partial charge in [-0.25, -0.2) is 0 Å². The number of rotatable bonds is 12. The van der Waals surface area contributed by atoms with Gasteiger partial charge in [0.15, 0.2) is 14.8 Å². The van der Waals surface area contributed by atoms with Crippen LogP contribution >= 0.6 is 0 Å². The molecule has 3 saturated carbocycles. The number of ketones is 2. The number of Topliss-reactive ketones (excluding diaryl/α,β-unsaturated/α-hetero) is 1. The Hall–Kier alpha value is -1.27. The van der Waals surface area contributed by atoms with Gasteiger partial charge in [0.1, 0.15) is 11.9 Å². The van der Waals surface area contributed by atoms with Gasteiger partial charge in [0.05, 0.1) is 0 Å². The fourth-order valence-corrected chi connectivity index (χ4v) is 10.3. The minimum Gasteiger partial charge on any atom is -0.461 e. The Balaban J connectivity index is 1.52. The lowest BCUT2D eigenvalue weighted by Crippen LogP contribution is -2.55. The summed E-state index contributed by atoms with van der Waals surface area (Å²) in [6.07, 6.45) is 16.4. The van der Waals surface area contributed by atoms with E-state index in [0.29, 0.717) is 41.3 Å². The van der Waals surface area contributed by atoms with Crippen LogP contribution in [0.5, 0.6) is 0 Å². The summed E-state index contributed by atoms with van der Waals surface area (Å²) < 4.78 is 12.7. The van der Waals surface area contributed by atoms with Crippen molar-refractivity contribution < 1.29 is 23.5 Å². The van der Waals surface area contributed by atoms with Gasteiger partial charge in [-0.3, -0.25) is 14.4 Å². The van der Waals surface area contributed by atoms with Crippen LogP contribution in [0.25, 0.3) is 0 Å². The second-order valence-corrected chi connectivity index (χ2v) is 18.0. The van der Waals surface area contributed by atoms with Crippen molar-refractivity contribution in [3.63, 3.8) is 0 Å². The molecular weight excluding hydrogens is 528 g/mol. The smallest absolute Gasteiger partial charge is 0.302 e. The summed E-state index contributed by atoms with van der Waals surface area (Å²) in [5, 5.41) is 0. The molecule has 4 aliphatic rings. The van der Waals surface area contributed by atoms with E-state index in [1.807, 2.05) is 6.08 Å². The van der Waals surface area contributed by atoms with Crippen molar-refractivity contribution in [2.45, 2.75) is 150 Å². The first-order valence-corrected chi connectivity index (χ1v) is 19.7. The first kappa shape index (κ1) is 32.6. The van der Waals surface area contributed by atoms with Gasteiger partial charge >= 0.3 is 5.97 Å². The van der Waals surface area contributed by atoms with E-state index >= 15 is 0 Å². The number of fused-ring (bicyclic) bond motifs is 5. The molecular formula is C35H58O5Si. The Morgan fingerprint density at radius 3 is 2.39 bits per heavy atom. The molecule has 0 radical (unpaired) electrons. The first-order chi connectivity index (χ1) is 19.3. The fraction of sp³-hybridized carbons (Fsp3) is 0.857. The van der Waals surface area contributed by atoms with Crippen molar-refractivity contribution in [1.29, 1.82) is 0 Å². The Bertz CT molecular complexity index is 980. The monoisotopic (exact) mass is 586 g/mol. The van der Waals surface area contributed by atoms with Gasteiger partial charge in [0.2, 0.25) is 0 Å². The maximum atomic E-state index is 13.2. The van der Waals surface area contributed by atoms with Crippen LogP contribution in [-0.2, 0) is 23.5 Å². The van der Waals surface area contributed by atoms with E-state index in [4.69, 9.17) is 9.16 Å². The van der Waals surface area contributed by atoms with E-state index in [-0.39, 0.29) is 41.7 Å². The molecule has 0 aliphatic heterocycles. The zero-order valence-corrected chi connectivity index (χ0v) is 28.3. The molecule has 232 valence electrons. The van der Waals surface area contributed by atoms with E-state index in [1.165, 1.54) is 57.4 Å². The van der Waals surface area contributed by atoms with Crippen LogP contribution < -0.4 is 0 Å². The van der Waals surface area contributed by atoms with Crippen molar-refractivity contribution in [3.8, 4) is 0 Å². The van der Waals surface area contributed by atoms with E-state index < -0.39 is 9.04 Å². The topological polar surface area (TPSA) is 69.7 Å². The standard InChI is InChI=1S/C35H58O5Si/c1-23(36)39-30-22-25(37)20-24-21-27(33-26(32(24)30)17-19-35(5)28(33)15-16-31(35)38)29(40-41(6)7)14-12-10-8-9-11-13-18-34(2,3)4/h20,26-30,32-33,41H,8-19,21-22H2,1-7H3/t26-,27+,28+,29?,30+,32+,33+,35+/m1/s1. The molecule has 0 aromatic heterocycles. The van der Waals surface area contributed by atoms with Gasteiger partial charge in [-0.05, 0) is 86.8 Å². The molecule has 0 N–H and O–H groups in total. The Labute approximate surface area is 251 Å². The largest absolute Gasteiger partial charge is 0.461 e. The van der Waals surface area contributed by atoms with Crippen LogP contribution in [0.2, 0.25) is 13.1 Å². The molecule has 0 bridgehead atoms. The van der Waals surface area contributed by atoms with Crippen molar-refractivity contribution in [2.24, 2.45) is 40.4 Å². The van der Waals surface area contributed by atoms with Gasteiger partial charge < -0.3 is 9.16 Å². The second kappa shape index (κ2) is 13.6. The number of hydrogen-bond donors (Lipinski definition) is 0. The summed E-state index contributed by atoms with van der Waals surface area (Å²) >= 11 is 0. The number of carbonyl (C=O) groups excluding carboxylic acids is 3. The van der Waals surface area contributed by atoms with Gasteiger partial charge in [-0.1, -0.05) is 71.8 Å². The number of hydrogen-bond acceptors (Lipinski definition) is 5. The van der Waals surface area contributed by atoms with Crippen LogP contribution in [0, 0.1) is 40.4 Å². The number of ether oxygens (including phenoxy) is 1. The molecule has 41 heavy (non-hydrogen) atoms. The zero-order chi connectivity index (χ0) is 29.9. The normalized spacial score (nSPS) is 34.1. The van der Waals surface area contributed by atoms with Gasteiger partial charge in [-0.2, -0.15) is 0 Å². The summed E-state index contributed by atoms with van der Waals surface area (Å²) in [5.74, 6) is 1.72. The fourth-order valence-electron chi connectivity index (χ4n) is 9.26. The average Bonchev–Trinajstić information content (AvgIpc) is 3.17. The summed E-state index contributed by atoms with van der Waals surface area (Å²) in [4.78, 5) is 38.1. The second-order valence-electron chi connectivity index (χ2n) is 15.6. The molecule has 5 nitrogen and oxygen atoms in total. The molecule has 0 spiro atoms. The van der Waals surface area contributed by atoms with Crippen molar-refractivity contribution in [1.82, 2.24) is 0 Å². The molecule has 8 atom stereocenters. The Morgan fingerprint density at radius 1 is 1.05 bits per heavy atom. The lowest BCUT2D eigenvalue weighted by atomic mass is 9.48. The summed E-state index contributed by atoms with van der Waals surface area (Å²) in [7, 11) is -1.30. The Morgan fingerprint density at radius 2 is 1.73 bits per heavy atom. The van der Waals surface area contributed by atoms with Crippen LogP contribution in [0.3, 0.4) is 0 Å². The third kappa shape index (κ3) is 7.82. The summed E-state index contributed by atoms with van der Waals surface area (Å²) in [6.45, 7) is 15.2. The molecule has 0 saturated heterocycles. The molecule has 4 aliphatic carbocycles. The molecule has 0 amide bonds. The maximum Gasteiger partial charge on any atom is 0.302 e. The molecule has 3 fully saturated rings. The highest BCUT2D eigenvalue weighted by Crippen LogP contribution is 2.63. The highest BCUT2D eigenvalue weighted by Gasteiger charge is 2.61. The molecule has 1 unspecified atom stereocenters. The van der Waals surface area contributed by atoms with E-state index in [1.54, 1.807) is 0 Å². The highest BCUT2D eigenvalue weighted by atomic mass is 28.3. The zero-order valence-electron chi connectivity index (χ0n) is 27.1. The van der Waals surface area contributed by atoms with E-state index in [0.717, 1.165) is 32.1 Å². The first-order valence-electron chi connectivity index (χ1n) is 16.9. The predicted molar refractivity (Wildman–Crippen MR) is 167 cm³/mol. The SMILES string of the molecule is CC(=O)O[C@H]1CC(=O)C=C2C[C@@H](C(CCCCCCCCC(C)(C)C)O[SiH](C)C)[C@@H]3[C@H](CC[C@]4(C)C(=O)CC[C@@H]34)[C@H]21. The number of unbranched alkanes of at least 4 members (excludes halogenated alkanes) is 5. The van der Waals surface area contributed by atoms with Crippen LogP contribution in [0.1, 0.15) is 125 Å². The van der Waals surface area contributed by atoms with Crippen LogP contribution in [0.15, 0.2) is 11.6 Å². The third-order valence-electron chi connectivity index (χ3n) is 11.0. The minimum absolute atomic E-state index is 0.0820. The molecule has 0 aromatic carbocycles. The van der Waals surface area contributed by atoms with Crippen molar-refractivity contribution in [3.05, 3.63) is 11.6 Å². The van der Waals surface area contributed by atoms with Gasteiger partial charge in [-0.15, -0.1) is 0 Å². The molecule has 0 aromatic rings. The van der Waals surface area contributed by atoms with Crippen molar-refractivity contribution >= 4 is 26.6 Å². The average molecular weight is 587 g/mol. The third-order valence-corrected chi connectivity index (χ3v) is 11.9. The minimum atomic E-state index is -1.30. The number of esters is 1. The Kier molecular flexibility index (Phi) is 10.8. The van der Waals surface area contributed by atoms with Crippen LogP contribution in [-0.4, -0.2) is 38.8 Å². The van der Waals surface area contributed by atoms with Crippen LogP contribution in [0.4, 0.5) is 0 Å². The highest BCUT2D eigenvalue weighted by molar-refractivity contribution is 6.48. The van der Waals surface area contributed by atoms with Crippen molar-refractivity contribution in [2.75, 3.05) is 0 Å².